The van der Waals surface area contributed by atoms with Gasteiger partial charge in [0.05, 0.1) is 7.11 Å². The summed E-state index contributed by atoms with van der Waals surface area (Å²) in [5.74, 6) is 1.42. The predicted octanol–water partition coefficient (Wildman–Crippen LogP) is 9.50. The predicted molar refractivity (Wildman–Crippen MR) is 167 cm³/mol. The van der Waals surface area contributed by atoms with E-state index in [0.717, 1.165) is 42.6 Å². The fourth-order valence-corrected chi connectivity index (χ4v) is 7.77. The van der Waals surface area contributed by atoms with Crippen LogP contribution in [-0.2, 0) is 16.6 Å². The summed E-state index contributed by atoms with van der Waals surface area (Å²) in [6.07, 6.45) is 6.15. The van der Waals surface area contributed by atoms with E-state index in [1.165, 1.54) is 22.3 Å². The van der Waals surface area contributed by atoms with Gasteiger partial charge in [-0.05, 0) is 89.8 Å². The summed E-state index contributed by atoms with van der Waals surface area (Å²) in [6, 6.07) is 26.4. The summed E-state index contributed by atoms with van der Waals surface area (Å²) in [4.78, 5) is 14.3. The normalized spacial score (nSPS) is 25.4. The largest absolute Gasteiger partial charge is 0.497 e. The number of hydrogen-bond donors (Lipinski definition) is 0. The second kappa shape index (κ2) is 10.1. The highest BCUT2D eigenvalue weighted by atomic mass is 16.5. The van der Waals surface area contributed by atoms with Crippen molar-refractivity contribution in [2.75, 3.05) is 7.11 Å². The zero-order valence-corrected chi connectivity index (χ0v) is 25.7. The SMILES string of the molecule is COc1ccc(C(CCc2ccc(C(C)(C)C)cc2)C23CCC(C)(C(=O)C2=Cc2ccc(C)cc2)C3(C)C)cc1. The van der Waals surface area contributed by atoms with Crippen molar-refractivity contribution in [1.82, 2.24) is 0 Å². The second-order valence-electron chi connectivity index (χ2n) is 14.0. The van der Waals surface area contributed by atoms with Crippen LogP contribution in [-0.4, -0.2) is 12.9 Å². The van der Waals surface area contributed by atoms with Gasteiger partial charge >= 0.3 is 0 Å². The van der Waals surface area contributed by atoms with Crippen molar-refractivity contribution < 1.29 is 9.53 Å². The topological polar surface area (TPSA) is 26.3 Å². The zero-order chi connectivity index (χ0) is 28.9. The van der Waals surface area contributed by atoms with Gasteiger partial charge in [-0.25, -0.2) is 0 Å². The molecule has 0 heterocycles. The Morgan fingerprint density at radius 1 is 0.875 bits per heavy atom. The number of aryl methyl sites for hydroxylation is 2. The van der Waals surface area contributed by atoms with Crippen LogP contribution < -0.4 is 4.74 Å². The van der Waals surface area contributed by atoms with E-state index in [1.54, 1.807) is 7.11 Å². The van der Waals surface area contributed by atoms with Gasteiger partial charge in [0.15, 0.2) is 5.78 Å². The second-order valence-corrected chi connectivity index (χ2v) is 14.0. The number of carbonyl (C=O) groups is 1. The Kier molecular flexibility index (Phi) is 7.14. The van der Waals surface area contributed by atoms with E-state index in [1.807, 2.05) is 0 Å². The molecule has 40 heavy (non-hydrogen) atoms. The van der Waals surface area contributed by atoms with Gasteiger partial charge in [-0.1, -0.05) is 108 Å². The number of ether oxygens (including phenoxy) is 1. The number of hydrogen-bond acceptors (Lipinski definition) is 2. The summed E-state index contributed by atoms with van der Waals surface area (Å²) >= 11 is 0. The standard InChI is InChI=1S/C38H46O2/c1-26-9-11-28(12-10-26)25-33-34(39)37(7)23-24-38(33,36(37,5)6)32(29-16-20-31(40-8)21-17-29)22-15-27-13-18-30(19-14-27)35(2,3)4/h9-14,16-21,25,32H,15,22-24H2,1-8H3. The summed E-state index contributed by atoms with van der Waals surface area (Å²) in [7, 11) is 1.72. The van der Waals surface area contributed by atoms with Crippen molar-refractivity contribution in [3.8, 4) is 5.75 Å². The maximum absolute atomic E-state index is 14.3. The van der Waals surface area contributed by atoms with Crippen LogP contribution in [0.25, 0.3) is 6.08 Å². The molecule has 3 aromatic carbocycles. The van der Waals surface area contributed by atoms with Crippen molar-refractivity contribution in [1.29, 1.82) is 0 Å². The van der Waals surface area contributed by atoms with Gasteiger partial charge in [0, 0.05) is 16.4 Å². The molecule has 0 radical (unpaired) electrons. The monoisotopic (exact) mass is 534 g/mol. The number of Topliss-reactive ketones (excluding diaryl/α,β-unsaturated/α-hetero) is 1. The minimum Gasteiger partial charge on any atom is -0.497 e. The van der Waals surface area contributed by atoms with Gasteiger partial charge in [0.2, 0.25) is 0 Å². The third kappa shape index (κ3) is 4.44. The maximum Gasteiger partial charge on any atom is 0.165 e. The molecular weight excluding hydrogens is 488 g/mol. The van der Waals surface area contributed by atoms with E-state index in [2.05, 4.69) is 127 Å². The van der Waals surface area contributed by atoms with Crippen LogP contribution in [0.15, 0.2) is 78.4 Å². The van der Waals surface area contributed by atoms with Crippen molar-refractivity contribution in [2.45, 2.75) is 85.5 Å². The first-order valence-corrected chi connectivity index (χ1v) is 14.9. The Morgan fingerprint density at radius 2 is 1.50 bits per heavy atom. The molecule has 5 rings (SSSR count). The lowest BCUT2D eigenvalue weighted by atomic mass is 9.56. The highest BCUT2D eigenvalue weighted by molar-refractivity contribution is 6.09. The van der Waals surface area contributed by atoms with E-state index >= 15 is 0 Å². The van der Waals surface area contributed by atoms with Gasteiger partial charge in [-0.15, -0.1) is 0 Å². The maximum atomic E-state index is 14.3. The van der Waals surface area contributed by atoms with E-state index in [0.29, 0.717) is 5.78 Å². The Balaban J connectivity index is 1.62. The number of allylic oxidation sites excluding steroid dienone is 1. The van der Waals surface area contributed by atoms with E-state index in [-0.39, 0.29) is 27.6 Å². The minimum atomic E-state index is -0.359. The van der Waals surface area contributed by atoms with E-state index in [9.17, 15) is 4.79 Å². The van der Waals surface area contributed by atoms with E-state index < -0.39 is 0 Å². The van der Waals surface area contributed by atoms with Crippen molar-refractivity contribution in [2.24, 2.45) is 16.2 Å². The van der Waals surface area contributed by atoms with Gasteiger partial charge in [0.1, 0.15) is 5.75 Å². The molecule has 3 aromatic rings. The molecule has 2 bridgehead atoms. The lowest BCUT2D eigenvalue weighted by Gasteiger charge is -2.46. The van der Waals surface area contributed by atoms with Crippen molar-refractivity contribution in [3.63, 3.8) is 0 Å². The van der Waals surface area contributed by atoms with Crippen molar-refractivity contribution in [3.05, 3.63) is 106 Å². The van der Waals surface area contributed by atoms with E-state index in [4.69, 9.17) is 4.74 Å². The first kappa shape index (κ1) is 28.4. The summed E-state index contributed by atoms with van der Waals surface area (Å²) in [5.41, 5.74) is 6.76. The van der Waals surface area contributed by atoms with Crippen LogP contribution in [0.1, 0.15) is 94.5 Å². The molecule has 0 amide bonds. The molecule has 2 nitrogen and oxygen atoms in total. The first-order valence-electron chi connectivity index (χ1n) is 14.9. The number of benzene rings is 3. The average Bonchev–Trinajstić information content (AvgIpc) is 3.20. The smallest absolute Gasteiger partial charge is 0.165 e. The van der Waals surface area contributed by atoms with Crippen LogP contribution >= 0.6 is 0 Å². The molecule has 210 valence electrons. The summed E-state index contributed by atoms with van der Waals surface area (Å²) < 4.78 is 5.52. The molecule has 0 aromatic heterocycles. The Morgan fingerprint density at radius 3 is 2.08 bits per heavy atom. The molecule has 2 saturated carbocycles. The quantitative estimate of drug-likeness (QED) is 0.282. The Bertz CT molecular complexity index is 1400. The average molecular weight is 535 g/mol. The lowest BCUT2D eigenvalue weighted by Crippen LogP contribution is -2.40. The summed E-state index contributed by atoms with van der Waals surface area (Å²) in [5, 5.41) is 0. The Labute approximate surface area is 241 Å². The molecule has 3 atom stereocenters. The molecule has 2 aliphatic rings. The first-order chi connectivity index (χ1) is 18.8. The molecule has 0 saturated heterocycles. The highest BCUT2D eigenvalue weighted by Crippen LogP contribution is 2.77. The van der Waals surface area contributed by atoms with Crippen LogP contribution in [0.5, 0.6) is 5.75 Å². The van der Waals surface area contributed by atoms with Gasteiger partial charge in [-0.3, -0.25) is 4.79 Å². The number of ketones is 1. The minimum absolute atomic E-state index is 0.140. The van der Waals surface area contributed by atoms with Crippen LogP contribution in [0.4, 0.5) is 0 Å². The number of fused-ring (bicyclic) bond motifs is 2. The Hall–Kier alpha value is -3.13. The molecule has 0 spiro atoms. The van der Waals surface area contributed by atoms with Crippen LogP contribution in [0.2, 0.25) is 0 Å². The number of rotatable bonds is 7. The lowest BCUT2D eigenvalue weighted by molar-refractivity contribution is -0.125. The molecule has 2 fully saturated rings. The molecule has 2 heteroatoms. The molecule has 0 aliphatic heterocycles. The molecular formula is C38H46O2. The molecule has 0 N–H and O–H groups in total. The van der Waals surface area contributed by atoms with Crippen molar-refractivity contribution >= 4 is 11.9 Å². The zero-order valence-electron chi connectivity index (χ0n) is 25.7. The highest BCUT2D eigenvalue weighted by Gasteiger charge is 2.73. The number of carbonyl (C=O) groups excluding carboxylic acids is 1. The fourth-order valence-electron chi connectivity index (χ4n) is 7.77. The van der Waals surface area contributed by atoms with Crippen LogP contribution in [0, 0.1) is 23.2 Å². The van der Waals surface area contributed by atoms with Gasteiger partial charge < -0.3 is 4.74 Å². The fraction of sp³-hybridized carbons (Fsp3) is 0.447. The summed E-state index contributed by atoms with van der Waals surface area (Å²) in [6.45, 7) is 15.9. The molecule has 2 aliphatic carbocycles. The van der Waals surface area contributed by atoms with Gasteiger partial charge in [-0.2, -0.15) is 0 Å². The third-order valence-corrected chi connectivity index (χ3v) is 10.8. The van der Waals surface area contributed by atoms with Gasteiger partial charge in [0.25, 0.3) is 0 Å². The number of methoxy groups -OCH3 is 1. The third-order valence-electron chi connectivity index (χ3n) is 10.8. The molecule has 3 unspecified atom stereocenters. The van der Waals surface area contributed by atoms with Crippen LogP contribution in [0.3, 0.4) is 0 Å².